The summed E-state index contributed by atoms with van der Waals surface area (Å²) in [7, 11) is 0. The van der Waals surface area contributed by atoms with Gasteiger partial charge >= 0.3 is 12.1 Å². The molecule has 0 heterocycles. The highest BCUT2D eigenvalue weighted by molar-refractivity contribution is 14.1. The second kappa shape index (κ2) is 4.20. The Morgan fingerprint density at radius 3 is 1.75 bits per heavy atom. The second-order valence-electron chi connectivity index (χ2n) is 1.80. The van der Waals surface area contributed by atoms with Crippen LogP contribution in [0.1, 0.15) is 0 Å². The molecule has 0 bridgehead atoms. The lowest BCUT2D eigenvalue weighted by molar-refractivity contribution is -0.259. The summed E-state index contributed by atoms with van der Waals surface area (Å²) in [5, 5.41) is 0. The Labute approximate surface area is 79.3 Å². The molecule has 0 spiro atoms. The van der Waals surface area contributed by atoms with Gasteiger partial charge in [0.2, 0.25) is 0 Å². The van der Waals surface area contributed by atoms with Crippen molar-refractivity contribution in [2.45, 2.75) is 12.1 Å². The molecule has 0 saturated carbocycles. The van der Waals surface area contributed by atoms with Crippen molar-refractivity contribution < 1.29 is 22.0 Å². The van der Waals surface area contributed by atoms with Crippen molar-refractivity contribution in [3.05, 3.63) is 22.3 Å². The van der Waals surface area contributed by atoms with Crippen LogP contribution >= 0.6 is 22.6 Å². The van der Waals surface area contributed by atoms with Gasteiger partial charge in [0.05, 0.1) is 0 Å². The van der Waals surface area contributed by atoms with Crippen LogP contribution in [0.5, 0.6) is 0 Å². The van der Waals surface area contributed by atoms with Crippen LogP contribution in [0, 0.1) is 0 Å². The van der Waals surface area contributed by atoms with Crippen LogP contribution in [0.15, 0.2) is 22.3 Å². The summed E-state index contributed by atoms with van der Waals surface area (Å²) in [6, 6.07) is 0. The number of rotatable bonds is 2. The highest BCUT2D eigenvalue weighted by Gasteiger charge is 2.55. The molecule has 0 aromatic rings. The van der Waals surface area contributed by atoms with Crippen LogP contribution in [0.2, 0.25) is 0 Å². The van der Waals surface area contributed by atoms with E-state index in [2.05, 4.69) is 0 Å². The standard InChI is InChI=1S/C6H4F5I/c7-5(8,6(9,10)11)3-1-2-4-12/h1-4H/b3-1+,4-2+. The molecule has 0 fully saturated rings. The van der Waals surface area contributed by atoms with Crippen molar-refractivity contribution in [1.29, 1.82) is 0 Å². The summed E-state index contributed by atoms with van der Waals surface area (Å²) in [6.07, 6.45) is -3.97. The Kier molecular flexibility index (Phi) is 4.15. The fourth-order valence-corrected chi connectivity index (χ4v) is 0.553. The van der Waals surface area contributed by atoms with E-state index in [1.807, 2.05) is 0 Å². The molecule has 0 atom stereocenters. The molecule has 0 nitrogen and oxygen atoms in total. The Morgan fingerprint density at radius 2 is 1.42 bits per heavy atom. The number of hydrogen-bond donors (Lipinski definition) is 0. The minimum atomic E-state index is -5.51. The average molecular weight is 298 g/mol. The summed E-state index contributed by atoms with van der Waals surface area (Å²) < 4.78 is 59.6. The van der Waals surface area contributed by atoms with Crippen molar-refractivity contribution in [2.24, 2.45) is 0 Å². The third kappa shape index (κ3) is 3.51. The molecular formula is C6H4F5I. The fraction of sp³-hybridized carbons (Fsp3) is 0.333. The zero-order chi connectivity index (χ0) is 9.83. The predicted molar refractivity (Wildman–Crippen MR) is 43.3 cm³/mol. The van der Waals surface area contributed by atoms with E-state index in [1.165, 1.54) is 4.08 Å². The van der Waals surface area contributed by atoms with Gasteiger partial charge in [-0.3, -0.25) is 0 Å². The Balaban J connectivity index is 4.42. The maximum atomic E-state index is 12.0. The normalized spacial score (nSPS) is 14.8. The third-order valence-electron chi connectivity index (χ3n) is 0.867. The third-order valence-corrected chi connectivity index (χ3v) is 1.28. The van der Waals surface area contributed by atoms with Crippen molar-refractivity contribution >= 4 is 22.6 Å². The Morgan fingerprint density at radius 1 is 0.917 bits per heavy atom. The van der Waals surface area contributed by atoms with Crippen molar-refractivity contribution in [3.8, 4) is 0 Å². The van der Waals surface area contributed by atoms with E-state index >= 15 is 0 Å². The van der Waals surface area contributed by atoms with Gasteiger partial charge in [0.15, 0.2) is 0 Å². The fourth-order valence-electron chi connectivity index (χ4n) is 0.313. The summed E-state index contributed by atoms with van der Waals surface area (Å²) >= 11 is 1.70. The second-order valence-corrected chi connectivity index (χ2v) is 2.52. The summed E-state index contributed by atoms with van der Waals surface area (Å²) in [6.45, 7) is 0. The molecule has 6 heteroatoms. The summed E-state index contributed by atoms with van der Waals surface area (Å²) in [5.41, 5.74) is 0. The van der Waals surface area contributed by atoms with E-state index in [0.717, 1.165) is 6.08 Å². The largest absolute Gasteiger partial charge is 0.457 e. The lowest BCUT2D eigenvalue weighted by atomic mass is 10.3. The molecule has 0 unspecified atom stereocenters. The van der Waals surface area contributed by atoms with Gasteiger partial charge in [0.1, 0.15) is 0 Å². The van der Waals surface area contributed by atoms with Crippen LogP contribution in [0.25, 0.3) is 0 Å². The average Bonchev–Trinajstić information content (AvgIpc) is 1.85. The van der Waals surface area contributed by atoms with Gasteiger partial charge in [-0.1, -0.05) is 34.7 Å². The van der Waals surface area contributed by atoms with Crippen molar-refractivity contribution in [3.63, 3.8) is 0 Å². The van der Waals surface area contributed by atoms with Gasteiger partial charge in [0, 0.05) is 0 Å². The topological polar surface area (TPSA) is 0 Å². The number of allylic oxidation sites excluding steroid dienone is 3. The van der Waals surface area contributed by atoms with Gasteiger partial charge in [0.25, 0.3) is 0 Å². The van der Waals surface area contributed by atoms with E-state index in [1.54, 1.807) is 22.6 Å². The molecule has 0 aromatic carbocycles. The monoisotopic (exact) mass is 298 g/mol. The molecule has 0 aromatic heterocycles. The first-order valence-electron chi connectivity index (χ1n) is 2.70. The van der Waals surface area contributed by atoms with Crippen molar-refractivity contribution in [2.75, 3.05) is 0 Å². The number of halogens is 6. The first-order chi connectivity index (χ1) is 5.31. The van der Waals surface area contributed by atoms with Crippen LogP contribution < -0.4 is 0 Å². The van der Waals surface area contributed by atoms with Crippen LogP contribution in [0.4, 0.5) is 22.0 Å². The van der Waals surface area contributed by atoms with E-state index in [-0.39, 0.29) is 6.08 Å². The van der Waals surface area contributed by atoms with Gasteiger partial charge in [-0.05, 0) is 10.2 Å². The predicted octanol–water partition coefficient (Wildman–Crippen LogP) is 3.69. The molecule has 0 saturated heterocycles. The lowest BCUT2D eigenvalue weighted by Crippen LogP contribution is -2.33. The summed E-state index contributed by atoms with van der Waals surface area (Å²) in [5.74, 6) is -4.75. The quantitative estimate of drug-likeness (QED) is 0.414. The van der Waals surface area contributed by atoms with Gasteiger partial charge in [-0.25, -0.2) is 0 Å². The minimum Gasteiger partial charge on any atom is -0.191 e. The minimum absolute atomic E-state index is 0.192. The first kappa shape index (κ1) is 11.9. The maximum Gasteiger partial charge on any atom is 0.457 e. The van der Waals surface area contributed by atoms with Crippen LogP contribution in [-0.2, 0) is 0 Å². The SMILES string of the molecule is FC(F)(F)C(F)(F)/C=C/C=C/I. The molecule has 0 rings (SSSR count). The van der Waals surface area contributed by atoms with Gasteiger partial charge in [-0.15, -0.1) is 0 Å². The molecule has 0 aliphatic carbocycles. The molecule has 0 aliphatic rings. The number of hydrogen-bond acceptors (Lipinski definition) is 0. The van der Waals surface area contributed by atoms with E-state index in [4.69, 9.17) is 0 Å². The number of alkyl halides is 5. The van der Waals surface area contributed by atoms with E-state index in [9.17, 15) is 22.0 Å². The van der Waals surface area contributed by atoms with E-state index < -0.39 is 12.1 Å². The molecule has 70 valence electrons. The summed E-state index contributed by atoms with van der Waals surface area (Å²) in [4.78, 5) is 0. The molecule has 0 amide bonds. The van der Waals surface area contributed by atoms with Crippen molar-refractivity contribution in [1.82, 2.24) is 0 Å². The van der Waals surface area contributed by atoms with Gasteiger partial charge < -0.3 is 0 Å². The maximum absolute atomic E-state index is 12.0. The Bertz CT molecular complexity index is 191. The highest BCUT2D eigenvalue weighted by atomic mass is 127. The lowest BCUT2D eigenvalue weighted by Gasteiger charge is -2.14. The molecule has 0 N–H and O–H groups in total. The van der Waals surface area contributed by atoms with Crippen LogP contribution in [0.3, 0.4) is 0 Å². The highest BCUT2D eigenvalue weighted by Crippen LogP contribution is 2.36. The zero-order valence-electron chi connectivity index (χ0n) is 5.58. The smallest absolute Gasteiger partial charge is 0.191 e. The molecule has 0 radical (unpaired) electrons. The van der Waals surface area contributed by atoms with Gasteiger partial charge in [-0.2, -0.15) is 22.0 Å². The zero-order valence-corrected chi connectivity index (χ0v) is 7.73. The molecule has 0 aliphatic heterocycles. The Hall–Kier alpha value is -0.140. The molecule has 12 heavy (non-hydrogen) atoms. The first-order valence-corrected chi connectivity index (χ1v) is 3.95. The van der Waals surface area contributed by atoms with E-state index in [0.29, 0.717) is 6.08 Å². The van der Waals surface area contributed by atoms with Crippen LogP contribution in [-0.4, -0.2) is 12.1 Å². The molecular weight excluding hydrogens is 294 g/mol.